The first kappa shape index (κ1) is 17.8. The van der Waals surface area contributed by atoms with E-state index in [2.05, 4.69) is 32.8 Å². The minimum atomic E-state index is -0.285. The van der Waals surface area contributed by atoms with Gasteiger partial charge in [-0.1, -0.05) is 30.3 Å². The zero-order chi connectivity index (χ0) is 18.8. The molecule has 0 fully saturated rings. The predicted octanol–water partition coefficient (Wildman–Crippen LogP) is 4.93. The SMILES string of the molecule is CN=Cc1ccc(-c2csc(C3C(C)=NC(=O)NC3c3cccs3)n2)cc1. The average molecular weight is 395 g/mol. The minimum absolute atomic E-state index is 0.0494. The van der Waals surface area contributed by atoms with Crippen LogP contribution in [0.15, 0.2) is 57.1 Å². The molecule has 2 amide bonds. The Bertz CT molecular complexity index is 1000. The lowest BCUT2D eigenvalue weighted by Crippen LogP contribution is -2.38. The van der Waals surface area contributed by atoms with Gasteiger partial charge in [-0.15, -0.1) is 22.7 Å². The van der Waals surface area contributed by atoms with Crippen molar-refractivity contribution >= 4 is 40.6 Å². The Balaban J connectivity index is 1.68. The summed E-state index contributed by atoms with van der Waals surface area (Å²) in [5, 5.41) is 8.05. The Hall–Kier alpha value is -2.64. The Morgan fingerprint density at radius 1 is 1.19 bits per heavy atom. The molecule has 5 nitrogen and oxygen atoms in total. The van der Waals surface area contributed by atoms with Gasteiger partial charge in [0, 0.05) is 34.8 Å². The highest BCUT2D eigenvalue weighted by Crippen LogP contribution is 2.39. The molecule has 2 atom stereocenters. The molecular weight excluding hydrogens is 376 g/mol. The molecule has 0 radical (unpaired) electrons. The highest BCUT2D eigenvalue weighted by atomic mass is 32.1. The van der Waals surface area contributed by atoms with Crippen LogP contribution in [0, 0.1) is 0 Å². The fourth-order valence-corrected chi connectivity index (χ4v) is 5.04. The monoisotopic (exact) mass is 394 g/mol. The Morgan fingerprint density at radius 3 is 2.70 bits per heavy atom. The summed E-state index contributed by atoms with van der Waals surface area (Å²) in [6.45, 7) is 1.91. The third-order valence-electron chi connectivity index (χ3n) is 4.46. The molecule has 1 aromatic carbocycles. The van der Waals surface area contributed by atoms with E-state index in [1.807, 2.05) is 42.8 Å². The second kappa shape index (κ2) is 7.54. The van der Waals surface area contributed by atoms with Crippen LogP contribution < -0.4 is 5.32 Å². The topological polar surface area (TPSA) is 66.7 Å². The minimum Gasteiger partial charge on any atom is -0.328 e. The van der Waals surface area contributed by atoms with Crippen LogP contribution in [0.25, 0.3) is 11.3 Å². The van der Waals surface area contributed by atoms with Crippen LogP contribution in [0.1, 0.15) is 34.3 Å². The summed E-state index contributed by atoms with van der Waals surface area (Å²) in [6, 6.07) is 11.8. The Morgan fingerprint density at radius 2 is 2.00 bits per heavy atom. The maximum atomic E-state index is 11.9. The highest BCUT2D eigenvalue weighted by molar-refractivity contribution is 7.10. The molecule has 0 saturated carbocycles. The van der Waals surface area contributed by atoms with Crippen LogP contribution in [0.4, 0.5) is 4.79 Å². The second-order valence-corrected chi connectivity index (χ2v) is 8.12. The molecule has 2 unspecified atom stereocenters. The molecule has 4 rings (SSSR count). The van der Waals surface area contributed by atoms with Gasteiger partial charge in [-0.2, -0.15) is 0 Å². The number of nitrogens with zero attached hydrogens (tertiary/aromatic N) is 3. The summed E-state index contributed by atoms with van der Waals surface area (Å²) < 4.78 is 0. The van der Waals surface area contributed by atoms with Crippen LogP contribution in [-0.2, 0) is 0 Å². The summed E-state index contributed by atoms with van der Waals surface area (Å²) in [4.78, 5) is 26.1. The molecule has 3 heterocycles. The number of thiazole rings is 1. The summed E-state index contributed by atoms with van der Waals surface area (Å²) in [5.74, 6) is -0.0494. The first-order valence-corrected chi connectivity index (χ1v) is 10.3. The predicted molar refractivity (Wildman–Crippen MR) is 113 cm³/mol. The third-order valence-corrected chi connectivity index (χ3v) is 6.35. The van der Waals surface area contributed by atoms with Gasteiger partial charge in [-0.05, 0) is 23.9 Å². The number of aromatic nitrogens is 1. The molecule has 0 spiro atoms. The van der Waals surface area contributed by atoms with Crippen molar-refractivity contribution in [1.82, 2.24) is 10.3 Å². The van der Waals surface area contributed by atoms with E-state index in [9.17, 15) is 4.79 Å². The first-order chi connectivity index (χ1) is 13.2. The number of urea groups is 1. The van der Waals surface area contributed by atoms with Gasteiger partial charge in [-0.25, -0.2) is 14.8 Å². The zero-order valence-electron chi connectivity index (χ0n) is 14.9. The molecule has 1 aliphatic heterocycles. The van der Waals surface area contributed by atoms with E-state index < -0.39 is 0 Å². The lowest BCUT2D eigenvalue weighted by molar-refractivity contribution is 0.243. The van der Waals surface area contributed by atoms with Crippen LogP contribution in [0.3, 0.4) is 0 Å². The largest absolute Gasteiger partial charge is 0.341 e. The van der Waals surface area contributed by atoms with E-state index in [0.29, 0.717) is 0 Å². The summed E-state index contributed by atoms with van der Waals surface area (Å²) in [7, 11) is 1.76. The molecular formula is C20H18N4OS2. The number of rotatable bonds is 4. The van der Waals surface area contributed by atoms with E-state index in [-0.39, 0.29) is 18.0 Å². The lowest BCUT2D eigenvalue weighted by Gasteiger charge is -2.28. The number of amides is 2. The van der Waals surface area contributed by atoms with Gasteiger partial charge in [0.2, 0.25) is 0 Å². The zero-order valence-corrected chi connectivity index (χ0v) is 16.6. The smallest absolute Gasteiger partial charge is 0.328 e. The van der Waals surface area contributed by atoms with E-state index in [4.69, 9.17) is 4.98 Å². The van der Waals surface area contributed by atoms with Gasteiger partial charge in [0.15, 0.2) is 0 Å². The van der Waals surface area contributed by atoms with Crippen molar-refractivity contribution in [2.24, 2.45) is 9.98 Å². The number of hydrogen-bond acceptors (Lipinski definition) is 5. The quantitative estimate of drug-likeness (QED) is 0.638. The standard InChI is InChI=1S/C20H18N4OS2/c1-12-17(18(24-20(25)22-12)16-4-3-9-26-16)19-23-15(11-27-19)14-7-5-13(6-8-14)10-21-2/h3-11,17-18H,1-2H3,(H,24,25). The molecule has 136 valence electrons. The van der Waals surface area contributed by atoms with Gasteiger partial charge < -0.3 is 5.32 Å². The van der Waals surface area contributed by atoms with Crippen molar-refractivity contribution in [3.05, 3.63) is 62.6 Å². The summed E-state index contributed by atoms with van der Waals surface area (Å²) in [5.41, 5.74) is 3.86. The van der Waals surface area contributed by atoms with Crippen molar-refractivity contribution < 1.29 is 4.79 Å². The van der Waals surface area contributed by atoms with E-state index in [1.54, 1.807) is 29.7 Å². The van der Waals surface area contributed by atoms with Gasteiger partial charge in [-0.3, -0.25) is 4.99 Å². The number of hydrogen-bond donors (Lipinski definition) is 1. The van der Waals surface area contributed by atoms with Gasteiger partial charge >= 0.3 is 6.03 Å². The fourth-order valence-electron chi connectivity index (χ4n) is 3.20. The molecule has 1 N–H and O–H groups in total. The highest BCUT2D eigenvalue weighted by Gasteiger charge is 2.35. The third kappa shape index (κ3) is 3.61. The molecule has 27 heavy (non-hydrogen) atoms. The normalized spacial score (nSPS) is 19.9. The molecule has 1 aliphatic rings. The fraction of sp³-hybridized carbons (Fsp3) is 0.200. The van der Waals surface area contributed by atoms with Crippen LogP contribution >= 0.6 is 22.7 Å². The summed E-state index contributed by atoms with van der Waals surface area (Å²) >= 11 is 3.24. The molecule has 2 aromatic heterocycles. The number of nitrogens with one attached hydrogen (secondary N) is 1. The number of carbonyl (C=O) groups is 1. The van der Waals surface area contributed by atoms with Crippen LogP contribution in [0.5, 0.6) is 0 Å². The van der Waals surface area contributed by atoms with Gasteiger partial charge in [0.1, 0.15) is 5.01 Å². The molecule has 0 bridgehead atoms. The van der Waals surface area contributed by atoms with Crippen LogP contribution in [-0.4, -0.2) is 30.0 Å². The van der Waals surface area contributed by atoms with Gasteiger partial charge in [0.25, 0.3) is 0 Å². The van der Waals surface area contributed by atoms with E-state index >= 15 is 0 Å². The van der Waals surface area contributed by atoms with Crippen molar-refractivity contribution in [2.45, 2.75) is 18.9 Å². The molecule has 0 saturated heterocycles. The van der Waals surface area contributed by atoms with Crippen molar-refractivity contribution in [1.29, 1.82) is 0 Å². The Kier molecular flexibility index (Phi) is 4.96. The number of carbonyl (C=O) groups excluding carboxylic acids is 1. The van der Waals surface area contributed by atoms with Crippen molar-refractivity contribution in [3.8, 4) is 11.3 Å². The summed E-state index contributed by atoms with van der Waals surface area (Å²) in [6.07, 6.45) is 1.83. The van der Waals surface area contributed by atoms with Crippen LogP contribution in [0.2, 0.25) is 0 Å². The molecule has 3 aromatic rings. The lowest BCUT2D eigenvalue weighted by atomic mass is 9.93. The van der Waals surface area contributed by atoms with E-state index in [1.165, 1.54) is 0 Å². The number of aliphatic imine (C=N–C) groups is 2. The van der Waals surface area contributed by atoms with Crippen molar-refractivity contribution in [3.63, 3.8) is 0 Å². The number of benzene rings is 1. The Labute approximate surface area is 165 Å². The maximum absolute atomic E-state index is 11.9. The number of thiophene rings is 1. The molecule has 0 aliphatic carbocycles. The van der Waals surface area contributed by atoms with E-state index in [0.717, 1.165) is 32.4 Å². The first-order valence-electron chi connectivity index (χ1n) is 8.53. The maximum Gasteiger partial charge on any atom is 0.341 e. The van der Waals surface area contributed by atoms with Crippen molar-refractivity contribution in [2.75, 3.05) is 7.05 Å². The van der Waals surface area contributed by atoms with Gasteiger partial charge in [0.05, 0.1) is 17.7 Å². The average Bonchev–Trinajstić information content (AvgIpc) is 3.34. The second-order valence-electron chi connectivity index (χ2n) is 6.25. The molecule has 7 heteroatoms.